The molecule has 0 bridgehead atoms. The fraction of sp³-hybridized carbons (Fsp3) is 0.333. The lowest BCUT2D eigenvalue weighted by molar-refractivity contribution is 0.371. The molecule has 0 saturated heterocycles. The minimum atomic E-state index is -0.0833. The molecule has 0 amide bonds. The quantitative estimate of drug-likeness (QED) is 0.693. The van der Waals surface area contributed by atoms with Gasteiger partial charge in [0, 0.05) is 24.6 Å². The summed E-state index contributed by atoms with van der Waals surface area (Å²) < 4.78 is 4.87. The molecule has 0 spiro atoms. The van der Waals surface area contributed by atoms with E-state index in [0.717, 1.165) is 0 Å². The molecule has 3 N–H and O–H groups in total. The zero-order chi connectivity index (χ0) is 13.0. The second-order valence-electron chi connectivity index (χ2n) is 4.00. The van der Waals surface area contributed by atoms with Gasteiger partial charge in [-0.1, -0.05) is 5.16 Å². The first-order valence-electron chi connectivity index (χ1n) is 5.67. The number of benzene rings is 1. The fourth-order valence-corrected chi connectivity index (χ4v) is 1.70. The van der Waals surface area contributed by atoms with E-state index in [4.69, 9.17) is 4.52 Å². The number of nitrogens with zero attached hydrogens (tertiary/aromatic N) is 2. The van der Waals surface area contributed by atoms with Crippen LogP contribution in [0, 0.1) is 0 Å². The maximum Gasteiger partial charge on any atom is 0.227 e. The van der Waals surface area contributed by atoms with Crippen molar-refractivity contribution in [1.29, 1.82) is 0 Å². The number of aromatic hydroxyl groups is 2. The molecule has 1 aromatic carbocycles. The van der Waals surface area contributed by atoms with Gasteiger partial charge in [0.2, 0.25) is 5.89 Å². The Balaban J connectivity index is 1.91. The predicted molar refractivity (Wildman–Crippen MR) is 64.2 cm³/mol. The predicted octanol–water partition coefficient (Wildman–Crippen LogP) is 1.37. The minimum Gasteiger partial charge on any atom is -0.508 e. The van der Waals surface area contributed by atoms with Crippen LogP contribution in [0.5, 0.6) is 11.5 Å². The Labute approximate surface area is 104 Å². The zero-order valence-electron chi connectivity index (χ0n) is 10.00. The number of rotatable bonds is 5. The molecule has 0 aliphatic rings. The van der Waals surface area contributed by atoms with E-state index in [1.807, 2.05) is 6.92 Å². The Hall–Kier alpha value is -2.08. The van der Waals surface area contributed by atoms with Crippen molar-refractivity contribution < 1.29 is 14.7 Å². The molecule has 1 aromatic heterocycles. The highest BCUT2D eigenvalue weighted by Crippen LogP contribution is 2.27. The molecule has 0 aliphatic heterocycles. The van der Waals surface area contributed by atoms with E-state index < -0.39 is 0 Å². The van der Waals surface area contributed by atoms with Crippen LogP contribution in [0.3, 0.4) is 0 Å². The molecular formula is C12H15N3O3. The van der Waals surface area contributed by atoms with Gasteiger partial charge in [-0.3, -0.25) is 0 Å². The Bertz CT molecular complexity index is 499. The molecule has 2 rings (SSSR count). The Morgan fingerprint density at radius 2 is 2.22 bits per heavy atom. The number of hydrogen-bond acceptors (Lipinski definition) is 6. The summed E-state index contributed by atoms with van der Waals surface area (Å²) in [6, 6.07) is 4.38. The first kappa shape index (κ1) is 12.4. The molecule has 0 radical (unpaired) electrons. The van der Waals surface area contributed by atoms with E-state index in [9.17, 15) is 10.2 Å². The van der Waals surface area contributed by atoms with E-state index in [1.165, 1.54) is 18.5 Å². The molecule has 96 valence electrons. The molecule has 6 nitrogen and oxygen atoms in total. The normalized spacial score (nSPS) is 12.5. The molecule has 0 fully saturated rings. The first-order chi connectivity index (χ1) is 8.66. The minimum absolute atomic E-state index is 0.0833. The van der Waals surface area contributed by atoms with Crippen LogP contribution >= 0.6 is 0 Å². The highest BCUT2D eigenvalue weighted by Gasteiger charge is 2.11. The Morgan fingerprint density at radius 1 is 1.39 bits per heavy atom. The molecule has 0 aliphatic carbocycles. The van der Waals surface area contributed by atoms with Crippen LogP contribution in [0.25, 0.3) is 0 Å². The molecule has 1 atom stereocenters. The van der Waals surface area contributed by atoms with Crippen molar-refractivity contribution in [3.8, 4) is 11.5 Å². The standard InChI is InChI=1S/C12H15N3O3/c1-8(10-6-9(16)2-3-11(10)17)13-5-4-12-14-7-15-18-12/h2-3,6-8,13,16-17H,4-5H2,1H3. The average Bonchev–Trinajstić information content (AvgIpc) is 2.85. The van der Waals surface area contributed by atoms with Gasteiger partial charge in [-0.25, -0.2) is 0 Å². The highest BCUT2D eigenvalue weighted by atomic mass is 16.5. The molecule has 18 heavy (non-hydrogen) atoms. The van der Waals surface area contributed by atoms with Crippen molar-refractivity contribution in [2.45, 2.75) is 19.4 Å². The number of phenolic OH excluding ortho intramolecular Hbond substituents is 2. The zero-order valence-corrected chi connectivity index (χ0v) is 10.00. The van der Waals surface area contributed by atoms with Gasteiger partial charge in [-0.15, -0.1) is 0 Å². The van der Waals surface area contributed by atoms with Crippen LogP contribution in [0.4, 0.5) is 0 Å². The summed E-state index contributed by atoms with van der Waals surface area (Å²) >= 11 is 0. The van der Waals surface area contributed by atoms with Crippen molar-refractivity contribution in [3.05, 3.63) is 36.0 Å². The largest absolute Gasteiger partial charge is 0.508 e. The second kappa shape index (κ2) is 5.50. The lowest BCUT2D eigenvalue weighted by Crippen LogP contribution is -2.21. The molecule has 6 heteroatoms. The van der Waals surface area contributed by atoms with Crippen LogP contribution in [0.1, 0.15) is 24.4 Å². The number of nitrogens with one attached hydrogen (secondary N) is 1. The summed E-state index contributed by atoms with van der Waals surface area (Å²) in [6.45, 7) is 2.54. The number of phenols is 2. The number of aromatic nitrogens is 2. The van der Waals surface area contributed by atoms with Gasteiger partial charge in [0.25, 0.3) is 0 Å². The van der Waals surface area contributed by atoms with Gasteiger partial charge >= 0.3 is 0 Å². The Morgan fingerprint density at radius 3 is 2.94 bits per heavy atom. The lowest BCUT2D eigenvalue weighted by atomic mass is 10.1. The fourth-order valence-electron chi connectivity index (χ4n) is 1.70. The van der Waals surface area contributed by atoms with Gasteiger partial charge in [-0.05, 0) is 25.1 Å². The molecule has 1 heterocycles. The third-order valence-electron chi connectivity index (χ3n) is 2.67. The number of hydrogen-bond donors (Lipinski definition) is 3. The topological polar surface area (TPSA) is 91.4 Å². The van der Waals surface area contributed by atoms with E-state index in [1.54, 1.807) is 6.07 Å². The first-order valence-corrected chi connectivity index (χ1v) is 5.67. The summed E-state index contributed by atoms with van der Waals surface area (Å²) in [5.74, 6) is 0.855. The summed E-state index contributed by atoms with van der Waals surface area (Å²) in [5, 5.41) is 25.8. The summed E-state index contributed by atoms with van der Waals surface area (Å²) in [7, 11) is 0. The third kappa shape index (κ3) is 2.98. The van der Waals surface area contributed by atoms with Crippen molar-refractivity contribution in [3.63, 3.8) is 0 Å². The molecular weight excluding hydrogens is 234 g/mol. The highest BCUT2D eigenvalue weighted by molar-refractivity contribution is 5.40. The maximum absolute atomic E-state index is 9.70. The monoisotopic (exact) mass is 249 g/mol. The van der Waals surface area contributed by atoms with E-state index in [-0.39, 0.29) is 17.5 Å². The SMILES string of the molecule is CC(NCCc1ncno1)c1cc(O)ccc1O. The van der Waals surface area contributed by atoms with Crippen molar-refractivity contribution in [2.75, 3.05) is 6.54 Å². The van der Waals surface area contributed by atoms with E-state index in [0.29, 0.717) is 24.4 Å². The van der Waals surface area contributed by atoms with Gasteiger partial charge in [-0.2, -0.15) is 4.98 Å². The molecule has 1 unspecified atom stereocenters. The van der Waals surface area contributed by atoms with Crippen LogP contribution < -0.4 is 5.32 Å². The molecule has 2 aromatic rings. The van der Waals surface area contributed by atoms with Crippen LogP contribution in [-0.2, 0) is 6.42 Å². The third-order valence-corrected chi connectivity index (χ3v) is 2.67. The van der Waals surface area contributed by atoms with Crippen LogP contribution in [-0.4, -0.2) is 26.9 Å². The van der Waals surface area contributed by atoms with Crippen molar-refractivity contribution in [1.82, 2.24) is 15.5 Å². The van der Waals surface area contributed by atoms with Crippen molar-refractivity contribution >= 4 is 0 Å². The van der Waals surface area contributed by atoms with Crippen LogP contribution in [0.15, 0.2) is 29.0 Å². The second-order valence-corrected chi connectivity index (χ2v) is 4.00. The van der Waals surface area contributed by atoms with Gasteiger partial charge < -0.3 is 20.1 Å². The smallest absolute Gasteiger partial charge is 0.227 e. The van der Waals surface area contributed by atoms with E-state index >= 15 is 0 Å². The average molecular weight is 249 g/mol. The molecule has 0 saturated carbocycles. The summed E-state index contributed by atoms with van der Waals surface area (Å²) in [5.41, 5.74) is 0.653. The Kier molecular flexibility index (Phi) is 3.78. The van der Waals surface area contributed by atoms with Gasteiger partial charge in [0.05, 0.1) is 0 Å². The maximum atomic E-state index is 9.70. The lowest BCUT2D eigenvalue weighted by Gasteiger charge is -2.15. The van der Waals surface area contributed by atoms with Crippen molar-refractivity contribution in [2.24, 2.45) is 0 Å². The summed E-state index contributed by atoms with van der Waals surface area (Å²) in [6.07, 6.45) is 1.98. The van der Waals surface area contributed by atoms with Crippen LogP contribution in [0.2, 0.25) is 0 Å². The van der Waals surface area contributed by atoms with Gasteiger partial charge in [0.1, 0.15) is 11.5 Å². The van der Waals surface area contributed by atoms with E-state index in [2.05, 4.69) is 15.5 Å². The summed E-state index contributed by atoms with van der Waals surface area (Å²) in [4.78, 5) is 3.91. The van der Waals surface area contributed by atoms with Gasteiger partial charge in [0.15, 0.2) is 6.33 Å².